The smallest absolute Gasteiger partial charge is 0.130 e. The Morgan fingerprint density at radius 3 is 0.875 bits per heavy atom. The molecule has 0 aliphatic carbocycles. The van der Waals surface area contributed by atoms with E-state index in [2.05, 4.69) is 25.3 Å². The van der Waals surface area contributed by atoms with Crippen molar-refractivity contribution in [3.05, 3.63) is 0 Å². The van der Waals surface area contributed by atoms with Gasteiger partial charge in [0.25, 0.3) is 0 Å². The third-order valence-electron chi connectivity index (χ3n) is 0. The summed E-state index contributed by atoms with van der Waals surface area (Å²) in [5, 5.41) is 11.8. The summed E-state index contributed by atoms with van der Waals surface area (Å²) in [6.45, 7) is 0. The van der Waals surface area contributed by atoms with E-state index in [9.17, 15) is 0 Å². The molecule has 0 unspecified atom stereocenters. The molecule has 0 aliphatic heterocycles. The molecule has 52 valence electrons. The van der Waals surface area contributed by atoms with Crippen molar-refractivity contribution in [1.29, 1.82) is 10.8 Å². The van der Waals surface area contributed by atoms with Gasteiger partial charge in [-0.15, -0.1) is 11.1 Å². The topological polar surface area (TPSA) is 121 Å². The van der Waals surface area contributed by atoms with Gasteiger partial charge in [-0.05, 0) is 0 Å². The SMILES string of the molecule is N=C[S-].N=C[S-].[NH4+].[NH4+]. The van der Waals surface area contributed by atoms with Gasteiger partial charge in [-0.2, -0.15) is 0 Å². The molecule has 10 N–H and O–H groups in total. The van der Waals surface area contributed by atoms with Gasteiger partial charge in [0.05, 0.1) is 0 Å². The molecule has 0 aliphatic rings. The van der Waals surface area contributed by atoms with Crippen molar-refractivity contribution < 1.29 is 0 Å². The zero-order valence-corrected chi connectivity index (χ0v) is 6.60. The third-order valence-corrected chi connectivity index (χ3v) is 0. The summed E-state index contributed by atoms with van der Waals surface area (Å²) in [5.41, 5.74) is 1.67. The molecule has 0 aromatic rings. The highest BCUT2D eigenvalue weighted by molar-refractivity contribution is 7.74. The van der Waals surface area contributed by atoms with Crippen molar-refractivity contribution in [1.82, 2.24) is 12.3 Å². The van der Waals surface area contributed by atoms with Gasteiger partial charge in [0.1, 0.15) is 0 Å². The predicted octanol–water partition coefficient (Wildman–Crippen LogP) is 1.03. The molecule has 4 nitrogen and oxygen atoms in total. The standard InChI is InChI=1S/2CH3NS.2H3N/c2*2-1-3;;/h2*1H,(H2,2,3);2*1H3. The maximum absolute atomic E-state index is 5.90. The fraction of sp³-hybridized carbons (Fsp3) is 0. The second-order valence-electron chi connectivity index (χ2n) is 0.236. The monoisotopic (exact) mass is 156 g/mol. The minimum absolute atomic E-state index is 0. The van der Waals surface area contributed by atoms with Gasteiger partial charge in [-0.1, -0.05) is 0 Å². The lowest BCUT2D eigenvalue weighted by molar-refractivity contribution is 1.60. The van der Waals surface area contributed by atoms with Crippen LogP contribution in [0.4, 0.5) is 0 Å². The zero-order chi connectivity index (χ0) is 5.41. The Labute approximate surface area is 60.1 Å². The van der Waals surface area contributed by atoms with Gasteiger partial charge >= 0.3 is 0 Å². The number of hydrogen-bond acceptors (Lipinski definition) is 4. The van der Waals surface area contributed by atoms with Crippen molar-refractivity contribution in [3.63, 3.8) is 0 Å². The van der Waals surface area contributed by atoms with Crippen LogP contribution in [0.15, 0.2) is 0 Å². The lowest BCUT2D eigenvalue weighted by atomic mass is 11.7. The van der Waals surface area contributed by atoms with Crippen molar-refractivity contribution in [2.75, 3.05) is 0 Å². The van der Waals surface area contributed by atoms with Gasteiger partial charge < -0.3 is 48.4 Å². The summed E-state index contributed by atoms with van der Waals surface area (Å²) in [6.07, 6.45) is 0. The molecule has 0 spiro atoms. The Hall–Kier alpha value is -0.300. The first-order chi connectivity index (χ1) is 2.83. The molecule has 8 heavy (non-hydrogen) atoms. The first-order valence-electron chi connectivity index (χ1n) is 1.05. The van der Waals surface area contributed by atoms with Crippen LogP contribution in [0.25, 0.3) is 0 Å². The van der Waals surface area contributed by atoms with Crippen molar-refractivity contribution >= 4 is 36.4 Å². The molecule has 0 bridgehead atoms. The molecule has 0 aromatic carbocycles. The van der Waals surface area contributed by atoms with Crippen LogP contribution in [0.3, 0.4) is 0 Å². The lowest BCUT2D eigenvalue weighted by Crippen LogP contribution is -1.36. The van der Waals surface area contributed by atoms with Gasteiger partial charge in [0, 0.05) is 0 Å². The molecule has 0 saturated heterocycles. The molecular formula is C2H12N4S2. The Balaban J connectivity index is -0.0000000160. The number of nitrogens with one attached hydrogen (secondary N) is 2. The third kappa shape index (κ3) is 1400. The Morgan fingerprint density at radius 2 is 0.875 bits per heavy atom. The summed E-state index contributed by atoms with van der Waals surface area (Å²) in [4.78, 5) is 0. The van der Waals surface area contributed by atoms with Crippen molar-refractivity contribution in [2.45, 2.75) is 0 Å². The number of rotatable bonds is 0. The average molecular weight is 156 g/mol. The molecule has 0 fully saturated rings. The fourth-order valence-corrected chi connectivity index (χ4v) is 0. The largest absolute Gasteiger partial charge is 0.769 e. The number of quaternary nitrogens is 2. The van der Waals surface area contributed by atoms with Crippen LogP contribution in [-0.2, 0) is 25.3 Å². The summed E-state index contributed by atoms with van der Waals surface area (Å²) >= 11 is 7.87. The molecular weight excluding hydrogens is 144 g/mol. The highest BCUT2D eigenvalue weighted by atomic mass is 32.1. The lowest BCUT2D eigenvalue weighted by Gasteiger charge is -1.65. The second kappa shape index (κ2) is 75.3. The maximum Gasteiger partial charge on any atom is -0.130 e. The van der Waals surface area contributed by atoms with E-state index in [1.165, 1.54) is 0 Å². The first-order valence-corrected chi connectivity index (χ1v) is 1.99. The van der Waals surface area contributed by atoms with E-state index in [0.29, 0.717) is 0 Å². The van der Waals surface area contributed by atoms with E-state index in [4.69, 9.17) is 10.8 Å². The summed E-state index contributed by atoms with van der Waals surface area (Å²) < 4.78 is 0. The minimum atomic E-state index is 0. The van der Waals surface area contributed by atoms with Crippen LogP contribution in [0.5, 0.6) is 0 Å². The normalized spacial score (nSPS) is 3.00. The molecule has 0 saturated carbocycles. The predicted molar refractivity (Wildman–Crippen MR) is 44.3 cm³/mol. The van der Waals surface area contributed by atoms with E-state index in [0.717, 1.165) is 11.1 Å². The van der Waals surface area contributed by atoms with E-state index in [-0.39, 0.29) is 12.3 Å². The highest BCUT2D eigenvalue weighted by Gasteiger charge is 0.887. The van der Waals surface area contributed by atoms with E-state index in [1.54, 1.807) is 0 Å². The Kier molecular flexibility index (Phi) is 238. The summed E-state index contributed by atoms with van der Waals surface area (Å²) in [7, 11) is 0. The van der Waals surface area contributed by atoms with Crippen LogP contribution >= 0.6 is 0 Å². The molecule has 0 radical (unpaired) electrons. The van der Waals surface area contributed by atoms with E-state index < -0.39 is 0 Å². The Bertz CT molecular complexity index is 33.0. The van der Waals surface area contributed by atoms with Crippen LogP contribution in [0, 0.1) is 10.8 Å². The van der Waals surface area contributed by atoms with Gasteiger partial charge in [-0.3, -0.25) is 0 Å². The van der Waals surface area contributed by atoms with Gasteiger partial charge in [0.2, 0.25) is 0 Å². The molecule has 0 rings (SSSR count). The molecule has 0 aromatic heterocycles. The summed E-state index contributed by atoms with van der Waals surface area (Å²) in [5.74, 6) is 0. The van der Waals surface area contributed by atoms with Crippen LogP contribution in [0.1, 0.15) is 0 Å². The summed E-state index contributed by atoms with van der Waals surface area (Å²) in [6, 6.07) is 0. The second-order valence-corrected chi connectivity index (χ2v) is 0.707. The van der Waals surface area contributed by atoms with Crippen LogP contribution in [0.2, 0.25) is 0 Å². The average Bonchev–Trinajstić information content (AvgIpc) is 1.39. The molecule has 0 amide bonds. The van der Waals surface area contributed by atoms with Gasteiger partial charge in [-0.25, -0.2) is 0 Å². The zero-order valence-electron chi connectivity index (χ0n) is 4.97. The minimum Gasteiger partial charge on any atom is -0.769 e. The van der Waals surface area contributed by atoms with Crippen molar-refractivity contribution in [2.24, 2.45) is 0 Å². The van der Waals surface area contributed by atoms with Crippen LogP contribution in [-0.4, -0.2) is 11.1 Å². The quantitative estimate of drug-likeness (QED) is 0.238. The van der Waals surface area contributed by atoms with Crippen LogP contribution < -0.4 is 12.3 Å². The van der Waals surface area contributed by atoms with E-state index in [1.807, 2.05) is 0 Å². The highest BCUT2D eigenvalue weighted by Crippen LogP contribution is 1.11. The van der Waals surface area contributed by atoms with Crippen molar-refractivity contribution in [3.8, 4) is 0 Å². The maximum atomic E-state index is 5.90. The number of hydrogen-bond donors (Lipinski definition) is 4. The molecule has 0 heterocycles. The fourth-order valence-electron chi connectivity index (χ4n) is 0. The molecule has 0 atom stereocenters. The van der Waals surface area contributed by atoms with Gasteiger partial charge in [0.15, 0.2) is 0 Å². The molecule has 6 heteroatoms. The van der Waals surface area contributed by atoms with E-state index >= 15 is 0 Å². The first kappa shape index (κ1) is 25.2. The Morgan fingerprint density at radius 1 is 0.875 bits per heavy atom.